The average molecular weight is 484 g/mol. The third-order valence-corrected chi connectivity index (χ3v) is 6.86. The summed E-state index contributed by atoms with van der Waals surface area (Å²) in [7, 11) is 1.69. The van der Waals surface area contributed by atoms with Gasteiger partial charge in [0.2, 0.25) is 5.91 Å². The van der Waals surface area contributed by atoms with Crippen LogP contribution in [-0.2, 0) is 11.3 Å². The first-order valence-electron chi connectivity index (χ1n) is 12.4. The fourth-order valence-electron chi connectivity index (χ4n) is 5.08. The molecule has 0 spiro atoms. The second-order valence-corrected chi connectivity index (χ2v) is 9.26. The quantitative estimate of drug-likeness (QED) is 0.407. The SMILES string of the molecule is COc1cc(CNC[C@@H]2CCC(=O)N2)cc(-n2ccc3c(-c4ccc5c(c4)OCCO5)cccc32)c1. The van der Waals surface area contributed by atoms with Gasteiger partial charge in [0.1, 0.15) is 19.0 Å². The molecule has 184 valence electrons. The van der Waals surface area contributed by atoms with Crippen molar-refractivity contribution in [1.29, 1.82) is 0 Å². The van der Waals surface area contributed by atoms with Crippen LogP contribution in [0.15, 0.2) is 66.9 Å². The number of benzene rings is 3. The van der Waals surface area contributed by atoms with Crippen LogP contribution in [0, 0.1) is 0 Å². The minimum atomic E-state index is 0.139. The summed E-state index contributed by atoms with van der Waals surface area (Å²) in [5.41, 5.74) is 5.51. The van der Waals surface area contributed by atoms with Crippen molar-refractivity contribution in [1.82, 2.24) is 15.2 Å². The molecule has 7 nitrogen and oxygen atoms in total. The van der Waals surface area contributed by atoms with Gasteiger partial charge in [-0.3, -0.25) is 4.79 Å². The van der Waals surface area contributed by atoms with E-state index in [1.165, 1.54) is 0 Å². The Morgan fingerprint density at radius 2 is 1.94 bits per heavy atom. The van der Waals surface area contributed by atoms with Crippen LogP contribution in [0.3, 0.4) is 0 Å². The number of hydrogen-bond donors (Lipinski definition) is 2. The van der Waals surface area contributed by atoms with Crippen molar-refractivity contribution in [2.45, 2.75) is 25.4 Å². The molecule has 1 atom stereocenters. The van der Waals surface area contributed by atoms with Crippen LogP contribution in [0.4, 0.5) is 0 Å². The topological polar surface area (TPSA) is 73.8 Å². The molecule has 3 heterocycles. The van der Waals surface area contributed by atoms with E-state index in [2.05, 4.69) is 76.0 Å². The predicted octanol–water partition coefficient (Wildman–Crippen LogP) is 4.45. The summed E-state index contributed by atoms with van der Waals surface area (Å²) >= 11 is 0. The Morgan fingerprint density at radius 3 is 2.78 bits per heavy atom. The van der Waals surface area contributed by atoms with Gasteiger partial charge in [0.25, 0.3) is 0 Å². The van der Waals surface area contributed by atoms with Gasteiger partial charge in [-0.2, -0.15) is 0 Å². The van der Waals surface area contributed by atoms with Gasteiger partial charge in [0, 0.05) is 48.9 Å². The van der Waals surface area contributed by atoms with Crippen molar-refractivity contribution >= 4 is 16.8 Å². The fraction of sp³-hybridized carbons (Fsp3) is 0.276. The summed E-state index contributed by atoms with van der Waals surface area (Å²) in [5.74, 6) is 2.53. The molecule has 7 heteroatoms. The number of aromatic nitrogens is 1. The van der Waals surface area contributed by atoms with Crippen LogP contribution in [0.2, 0.25) is 0 Å². The second kappa shape index (κ2) is 9.59. The number of amides is 1. The first kappa shape index (κ1) is 22.5. The summed E-state index contributed by atoms with van der Waals surface area (Å²) in [4.78, 5) is 11.5. The zero-order chi connectivity index (χ0) is 24.5. The lowest BCUT2D eigenvalue weighted by Gasteiger charge is -2.19. The monoisotopic (exact) mass is 483 g/mol. The first-order valence-corrected chi connectivity index (χ1v) is 12.4. The standard InChI is InChI=1S/C29H29N3O4/c1-34-23-14-19(17-30-18-21-6-8-29(33)31-21)13-22(16-23)32-10-9-25-24(3-2-4-26(25)32)20-5-7-27-28(15-20)36-12-11-35-27/h2-5,7,9-10,13-16,21,30H,6,8,11-12,17-18H2,1H3,(H,31,33)/t21-/m0/s1. The number of hydrogen-bond acceptors (Lipinski definition) is 5. The maximum atomic E-state index is 11.5. The largest absolute Gasteiger partial charge is 0.497 e. The molecule has 1 saturated heterocycles. The molecule has 0 saturated carbocycles. The molecule has 1 fully saturated rings. The lowest BCUT2D eigenvalue weighted by molar-refractivity contribution is -0.119. The highest BCUT2D eigenvalue weighted by atomic mass is 16.6. The van der Waals surface area contributed by atoms with E-state index < -0.39 is 0 Å². The summed E-state index contributed by atoms with van der Waals surface area (Å²) in [5, 5.41) is 7.65. The summed E-state index contributed by atoms with van der Waals surface area (Å²) in [6.07, 6.45) is 3.60. The third kappa shape index (κ3) is 4.38. The highest BCUT2D eigenvalue weighted by molar-refractivity contribution is 5.96. The van der Waals surface area contributed by atoms with Crippen LogP contribution in [0.25, 0.3) is 27.7 Å². The molecular formula is C29H29N3O4. The van der Waals surface area contributed by atoms with Crippen molar-refractivity contribution in [2.75, 3.05) is 26.9 Å². The van der Waals surface area contributed by atoms with E-state index in [1.807, 2.05) is 6.07 Å². The molecule has 2 aliphatic heterocycles. The van der Waals surface area contributed by atoms with Gasteiger partial charge in [-0.05, 0) is 59.5 Å². The number of nitrogens with one attached hydrogen (secondary N) is 2. The van der Waals surface area contributed by atoms with Gasteiger partial charge in [-0.1, -0.05) is 18.2 Å². The smallest absolute Gasteiger partial charge is 0.220 e. The molecule has 0 radical (unpaired) electrons. The highest BCUT2D eigenvalue weighted by Crippen LogP contribution is 2.38. The minimum absolute atomic E-state index is 0.139. The fourth-order valence-corrected chi connectivity index (χ4v) is 5.08. The Kier molecular flexibility index (Phi) is 5.99. The van der Waals surface area contributed by atoms with E-state index in [0.29, 0.717) is 26.2 Å². The summed E-state index contributed by atoms with van der Waals surface area (Å²) < 4.78 is 19.3. The van der Waals surface area contributed by atoms with Crippen molar-refractivity contribution in [3.63, 3.8) is 0 Å². The molecule has 0 unspecified atom stereocenters. The maximum absolute atomic E-state index is 11.5. The summed E-state index contributed by atoms with van der Waals surface area (Å²) in [6.45, 7) is 2.60. The molecular weight excluding hydrogens is 454 g/mol. The zero-order valence-electron chi connectivity index (χ0n) is 20.3. The number of methoxy groups -OCH3 is 1. The number of carbonyl (C=O) groups excluding carboxylic acids is 1. The van der Waals surface area contributed by atoms with Crippen LogP contribution in [0.1, 0.15) is 18.4 Å². The van der Waals surface area contributed by atoms with Gasteiger partial charge in [0.05, 0.1) is 12.6 Å². The number of rotatable bonds is 7. The molecule has 4 aromatic rings. The Hall–Kier alpha value is -3.97. The first-order chi connectivity index (χ1) is 17.7. The van der Waals surface area contributed by atoms with Crippen molar-refractivity contribution in [2.24, 2.45) is 0 Å². The maximum Gasteiger partial charge on any atom is 0.220 e. The van der Waals surface area contributed by atoms with Gasteiger partial charge < -0.3 is 29.4 Å². The normalized spacial score (nSPS) is 16.8. The second-order valence-electron chi connectivity index (χ2n) is 9.26. The Bertz CT molecular complexity index is 1430. The van der Waals surface area contributed by atoms with E-state index in [9.17, 15) is 4.79 Å². The molecule has 1 amide bonds. The Balaban J connectivity index is 1.30. The van der Waals surface area contributed by atoms with Crippen LogP contribution in [-0.4, -0.2) is 43.4 Å². The van der Waals surface area contributed by atoms with Gasteiger partial charge in [-0.15, -0.1) is 0 Å². The third-order valence-electron chi connectivity index (χ3n) is 6.86. The molecule has 0 aliphatic carbocycles. The number of nitrogens with zero attached hydrogens (tertiary/aromatic N) is 1. The predicted molar refractivity (Wildman–Crippen MR) is 139 cm³/mol. The molecule has 0 bridgehead atoms. The molecule has 2 N–H and O–H groups in total. The molecule has 3 aromatic carbocycles. The van der Waals surface area contributed by atoms with Crippen molar-refractivity contribution in [3.05, 3.63) is 72.4 Å². The van der Waals surface area contributed by atoms with Gasteiger partial charge in [0.15, 0.2) is 11.5 Å². The number of ether oxygens (including phenoxy) is 3. The Morgan fingerprint density at radius 1 is 1.06 bits per heavy atom. The molecule has 36 heavy (non-hydrogen) atoms. The number of fused-ring (bicyclic) bond motifs is 2. The van der Waals surface area contributed by atoms with E-state index in [4.69, 9.17) is 14.2 Å². The molecule has 2 aliphatic rings. The molecule has 6 rings (SSSR count). The Labute approximate surface area is 210 Å². The van der Waals surface area contributed by atoms with Crippen molar-refractivity contribution < 1.29 is 19.0 Å². The van der Waals surface area contributed by atoms with E-state index in [1.54, 1.807) is 7.11 Å². The van der Waals surface area contributed by atoms with Crippen LogP contribution < -0.4 is 24.8 Å². The zero-order valence-corrected chi connectivity index (χ0v) is 20.3. The minimum Gasteiger partial charge on any atom is -0.497 e. The molecule has 1 aromatic heterocycles. The summed E-state index contributed by atoms with van der Waals surface area (Å²) in [6, 6.07) is 21.1. The van der Waals surface area contributed by atoms with Gasteiger partial charge >= 0.3 is 0 Å². The highest BCUT2D eigenvalue weighted by Gasteiger charge is 2.20. The van der Waals surface area contributed by atoms with Gasteiger partial charge in [-0.25, -0.2) is 0 Å². The number of carbonyl (C=O) groups is 1. The van der Waals surface area contributed by atoms with E-state index in [0.717, 1.165) is 63.5 Å². The average Bonchev–Trinajstić information content (AvgIpc) is 3.54. The van der Waals surface area contributed by atoms with Crippen molar-refractivity contribution in [3.8, 4) is 34.1 Å². The van der Waals surface area contributed by atoms with E-state index in [-0.39, 0.29) is 11.9 Å². The van der Waals surface area contributed by atoms with E-state index >= 15 is 0 Å². The lowest BCUT2D eigenvalue weighted by Crippen LogP contribution is -2.35. The van der Waals surface area contributed by atoms with Crippen LogP contribution in [0.5, 0.6) is 17.2 Å². The lowest BCUT2D eigenvalue weighted by atomic mass is 10.0. The van der Waals surface area contributed by atoms with Crippen LogP contribution >= 0.6 is 0 Å².